The van der Waals surface area contributed by atoms with Crippen molar-refractivity contribution in [3.8, 4) is 0 Å². The molecular formula is C4H10NO4+. The first-order chi connectivity index (χ1) is 4.13. The minimum atomic E-state index is -0.623. The summed E-state index contributed by atoms with van der Waals surface area (Å²) in [5.41, 5.74) is 0. The molecule has 54 valence electrons. The molecule has 0 spiro atoms. The van der Waals surface area contributed by atoms with Crippen LogP contribution in [0.1, 0.15) is 13.3 Å². The molecule has 0 heterocycles. The zero-order valence-electron chi connectivity index (χ0n) is 5.15. The number of nitrogens with zero attached hydrogens (tertiary/aromatic N) is 1. The van der Waals surface area contributed by atoms with Crippen LogP contribution in [0.3, 0.4) is 0 Å². The minimum Gasteiger partial charge on any atom is -0.393 e. The molecule has 5 nitrogen and oxygen atoms in total. The van der Waals surface area contributed by atoms with E-state index in [0.717, 1.165) is 0 Å². The quantitative estimate of drug-likeness (QED) is 0.527. The Morgan fingerprint density at radius 2 is 2.33 bits per heavy atom. The predicted octanol–water partition coefficient (Wildman–Crippen LogP) is -0.143. The normalized spacial score (nSPS) is 12.7. The Morgan fingerprint density at radius 3 is 2.67 bits per heavy atom. The van der Waals surface area contributed by atoms with E-state index in [9.17, 15) is 4.91 Å². The van der Waals surface area contributed by atoms with Crippen molar-refractivity contribution < 1.29 is 20.2 Å². The van der Waals surface area contributed by atoms with Crippen molar-refractivity contribution in [1.82, 2.24) is 0 Å². The molecule has 0 saturated carbocycles. The minimum absolute atomic E-state index is 0.0255. The summed E-state index contributed by atoms with van der Waals surface area (Å²) in [6.45, 7) is 1.59. The molecule has 2 N–H and O–H groups in total. The Kier molecular flexibility index (Phi) is 3.70. The van der Waals surface area contributed by atoms with Gasteiger partial charge in [-0.05, 0) is 6.92 Å². The first-order valence-electron chi connectivity index (χ1n) is 2.60. The van der Waals surface area contributed by atoms with Crippen molar-refractivity contribution in [3.63, 3.8) is 0 Å². The molecule has 0 aliphatic carbocycles. The maximum atomic E-state index is 9.59. The van der Waals surface area contributed by atoms with Crippen molar-refractivity contribution in [2.45, 2.75) is 19.4 Å². The summed E-state index contributed by atoms with van der Waals surface area (Å²) >= 11 is 0. The zero-order valence-corrected chi connectivity index (χ0v) is 5.15. The largest absolute Gasteiger partial charge is 0.475 e. The molecule has 0 saturated heterocycles. The standard InChI is InChI=1S/C4H10NO4/c1-4(6)2-3-9-5(7)8/h4,6H,2-3H2,1H3,(H,7,8)/q+1. The van der Waals surface area contributed by atoms with E-state index in [0.29, 0.717) is 6.42 Å². The summed E-state index contributed by atoms with van der Waals surface area (Å²) in [6, 6.07) is 0. The lowest BCUT2D eigenvalue weighted by Gasteiger charge is -1.95. The Labute approximate surface area is 52.3 Å². The molecule has 0 fully saturated rings. The van der Waals surface area contributed by atoms with Gasteiger partial charge in [0.1, 0.15) is 4.91 Å². The molecule has 0 aromatic rings. The van der Waals surface area contributed by atoms with Gasteiger partial charge in [-0.1, -0.05) is 0 Å². The van der Waals surface area contributed by atoms with Crippen molar-refractivity contribution >= 4 is 0 Å². The molecule has 0 aromatic carbocycles. The summed E-state index contributed by atoms with van der Waals surface area (Å²) in [4.78, 5) is 13.6. The highest BCUT2D eigenvalue weighted by molar-refractivity contribution is 4.41. The van der Waals surface area contributed by atoms with Crippen LogP contribution in [0.4, 0.5) is 0 Å². The highest BCUT2D eigenvalue weighted by atomic mass is 16.9. The first kappa shape index (κ1) is 8.16. The van der Waals surface area contributed by atoms with E-state index < -0.39 is 11.2 Å². The predicted molar refractivity (Wildman–Crippen MR) is 27.7 cm³/mol. The summed E-state index contributed by atoms with van der Waals surface area (Å²) in [6.07, 6.45) is -0.177. The smallest absolute Gasteiger partial charge is 0.393 e. The fourth-order valence-corrected chi connectivity index (χ4v) is 0.301. The van der Waals surface area contributed by atoms with Gasteiger partial charge < -0.3 is 5.11 Å². The van der Waals surface area contributed by atoms with E-state index in [1.165, 1.54) is 0 Å². The van der Waals surface area contributed by atoms with Gasteiger partial charge in [-0.25, -0.2) is 5.21 Å². The Bertz CT molecular complexity index is 92.6. The van der Waals surface area contributed by atoms with E-state index in [-0.39, 0.29) is 6.61 Å². The van der Waals surface area contributed by atoms with Gasteiger partial charge in [0.05, 0.1) is 6.10 Å². The third-order valence-electron chi connectivity index (χ3n) is 0.737. The number of aliphatic hydroxyl groups is 1. The van der Waals surface area contributed by atoms with Gasteiger partial charge in [0, 0.05) is 6.42 Å². The molecule has 0 aliphatic rings. The van der Waals surface area contributed by atoms with Crippen LogP contribution in [0.25, 0.3) is 0 Å². The third kappa shape index (κ3) is 7.16. The Hall–Kier alpha value is -0.840. The zero-order chi connectivity index (χ0) is 7.28. The number of rotatable bonds is 4. The van der Waals surface area contributed by atoms with E-state index in [1.54, 1.807) is 6.92 Å². The summed E-state index contributed by atoms with van der Waals surface area (Å²) in [5, 5.41) is 15.8. The van der Waals surface area contributed by atoms with Gasteiger partial charge in [-0.15, -0.1) is 0 Å². The SMILES string of the molecule is CC(O)CCO[N+](=O)O. The van der Waals surface area contributed by atoms with Gasteiger partial charge >= 0.3 is 5.09 Å². The number of hydrogen-bond donors (Lipinski definition) is 2. The van der Waals surface area contributed by atoms with Crippen molar-refractivity contribution in [1.29, 1.82) is 0 Å². The summed E-state index contributed by atoms with van der Waals surface area (Å²) in [5.74, 6) is 0. The number of aliphatic hydroxyl groups excluding tert-OH is 1. The van der Waals surface area contributed by atoms with Crippen LogP contribution < -0.4 is 0 Å². The maximum Gasteiger partial charge on any atom is 0.475 e. The lowest BCUT2D eigenvalue weighted by molar-refractivity contribution is -0.975. The second-order valence-corrected chi connectivity index (χ2v) is 1.71. The van der Waals surface area contributed by atoms with E-state index >= 15 is 0 Å². The van der Waals surface area contributed by atoms with Gasteiger partial charge in [0.2, 0.25) is 0 Å². The molecule has 0 aliphatic heterocycles. The van der Waals surface area contributed by atoms with E-state index in [1.807, 2.05) is 0 Å². The molecule has 1 atom stereocenters. The van der Waals surface area contributed by atoms with Crippen LogP contribution in [0.2, 0.25) is 0 Å². The van der Waals surface area contributed by atoms with Gasteiger partial charge in [-0.3, -0.25) is 0 Å². The lowest BCUT2D eigenvalue weighted by atomic mass is 10.3. The highest BCUT2D eigenvalue weighted by Gasteiger charge is 2.04. The molecule has 0 bridgehead atoms. The third-order valence-corrected chi connectivity index (χ3v) is 0.737. The van der Waals surface area contributed by atoms with Crippen molar-refractivity contribution in [3.05, 3.63) is 4.91 Å². The molecule has 9 heavy (non-hydrogen) atoms. The fraction of sp³-hybridized carbons (Fsp3) is 1.00. The fourth-order valence-electron chi connectivity index (χ4n) is 0.301. The molecule has 0 amide bonds. The first-order valence-corrected chi connectivity index (χ1v) is 2.60. The topological polar surface area (TPSA) is 69.8 Å². The average molecular weight is 136 g/mol. The monoisotopic (exact) mass is 136 g/mol. The Balaban J connectivity index is 3.01. The lowest BCUT2D eigenvalue weighted by Crippen LogP contribution is -2.10. The van der Waals surface area contributed by atoms with Gasteiger partial charge in [-0.2, -0.15) is 4.84 Å². The number of hydrogen-bond acceptors (Lipinski definition) is 3. The van der Waals surface area contributed by atoms with Crippen LogP contribution in [0.15, 0.2) is 0 Å². The molecule has 0 radical (unpaired) electrons. The van der Waals surface area contributed by atoms with E-state index in [4.69, 9.17) is 10.3 Å². The highest BCUT2D eigenvalue weighted by Crippen LogP contribution is 1.88. The van der Waals surface area contributed by atoms with Crippen LogP contribution in [-0.2, 0) is 4.84 Å². The summed E-state index contributed by atoms with van der Waals surface area (Å²) < 4.78 is 0. The average Bonchev–Trinajstić information content (AvgIpc) is 1.63. The summed E-state index contributed by atoms with van der Waals surface area (Å²) in [7, 11) is 0. The Morgan fingerprint density at radius 1 is 1.78 bits per heavy atom. The molecular weight excluding hydrogens is 126 g/mol. The van der Waals surface area contributed by atoms with Crippen LogP contribution in [0.5, 0.6) is 0 Å². The molecule has 0 aromatic heterocycles. The van der Waals surface area contributed by atoms with Gasteiger partial charge in [0.15, 0.2) is 6.61 Å². The van der Waals surface area contributed by atoms with Crippen molar-refractivity contribution in [2.24, 2.45) is 0 Å². The van der Waals surface area contributed by atoms with Gasteiger partial charge in [0.25, 0.3) is 0 Å². The molecule has 5 heteroatoms. The maximum absolute atomic E-state index is 9.59. The van der Waals surface area contributed by atoms with E-state index in [2.05, 4.69) is 4.84 Å². The second kappa shape index (κ2) is 4.08. The second-order valence-electron chi connectivity index (χ2n) is 1.71. The van der Waals surface area contributed by atoms with Crippen molar-refractivity contribution in [2.75, 3.05) is 6.61 Å². The van der Waals surface area contributed by atoms with Crippen LogP contribution in [0, 0.1) is 4.91 Å². The van der Waals surface area contributed by atoms with Crippen LogP contribution >= 0.6 is 0 Å². The molecule has 1 unspecified atom stereocenters. The molecule has 0 rings (SSSR count). The van der Waals surface area contributed by atoms with Crippen LogP contribution in [-0.4, -0.2) is 28.1 Å².